The largest absolute Gasteiger partial charge is 0.494 e. The Balaban J connectivity index is 1.29. The second kappa shape index (κ2) is 11.6. The third-order valence-electron chi connectivity index (χ3n) is 9.31. The third-order valence-corrected chi connectivity index (χ3v) is 9.31. The second-order valence-corrected chi connectivity index (χ2v) is 12.0. The van der Waals surface area contributed by atoms with Crippen molar-refractivity contribution in [2.75, 3.05) is 30.4 Å². The summed E-state index contributed by atoms with van der Waals surface area (Å²) in [6.45, 7) is 4.76. The molecule has 6 rings (SSSR count). The van der Waals surface area contributed by atoms with Crippen molar-refractivity contribution in [2.45, 2.75) is 63.2 Å². The zero-order valence-corrected chi connectivity index (χ0v) is 24.7. The maximum absolute atomic E-state index is 14.2. The molecule has 226 valence electrons. The van der Waals surface area contributed by atoms with E-state index in [-0.39, 0.29) is 24.3 Å². The number of hydrogen-bond acceptors (Lipinski definition) is 6. The summed E-state index contributed by atoms with van der Waals surface area (Å²) < 4.78 is 12.2. The van der Waals surface area contributed by atoms with Crippen molar-refractivity contribution in [3.63, 3.8) is 0 Å². The number of aliphatic hydroxyl groups excluding tert-OH is 1. The number of amides is 3. The number of aliphatic hydroxyl groups is 1. The first-order valence-electron chi connectivity index (χ1n) is 15.2. The van der Waals surface area contributed by atoms with Gasteiger partial charge in [0.15, 0.2) is 0 Å². The summed E-state index contributed by atoms with van der Waals surface area (Å²) in [5.74, 6) is -1.65. The van der Waals surface area contributed by atoms with Gasteiger partial charge in [0.25, 0.3) is 0 Å². The Morgan fingerprint density at radius 3 is 2.42 bits per heavy atom. The molecule has 9 heteroatoms. The molecule has 3 aromatic carbocycles. The Labute approximate surface area is 251 Å². The van der Waals surface area contributed by atoms with E-state index in [9.17, 15) is 19.5 Å². The standard InChI is InChI=1S/C34H39N3O6/c1-3-42-26-15-13-24(14-16-26)35-30(39)27-28-32(41)37(19-7-4-8-20-38)29(34(28)18-17-33(27,2)43-34)31(40)36-25-12-11-22-9-5-6-10-23(22)21-25/h5-6,9-16,21,27-29,38H,3-4,7-8,17-20H2,1-2H3,(H,35,39)(H,36,40)/t27-,28-,29?,33+,34?/m0/s1. The van der Waals surface area contributed by atoms with E-state index in [1.807, 2.05) is 56.3 Å². The lowest BCUT2D eigenvalue weighted by Gasteiger charge is -2.33. The number of ether oxygens (including phenoxy) is 2. The van der Waals surface area contributed by atoms with E-state index >= 15 is 0 Å². The first-order valence-corrected chi connectivity index (χ1v) is 15.2. The normalized spacial score (nSPS) is 27.4. The summed E-state index contributed by atoms with van der Waals surface area (Å²) in [6.07, 6.45) is 3.05. The van der Waals surface area contributed by atoms with Gasteiger partial charge in [-0.15, -0.1) is 0 Å². The van der Waals surface area contributed by atoms with Gasteiger partial charge in [-0.25, -0.2) is 0 Å². The van der Waals surface area contributed by atoms with Crippen molar-refractivity contribution in [2.24, 2.45) is 11.8 Å². The fourth-order valence-corrected chi connectivity index (χ4v) is 7.44. The SMILES string of the molecule is CCOc1ccc(NC(=O)[C@@H]2[C@H]3C(=O)N(CCCCCO)C(C(=O)Nc4ccc5ccccc5c4)C34CC[C@@]2(C)O4)cc1. The molecule has 3 aromatic rings. The van der Waals surface area contributed by atoms with Gasteiger partial charge in [-0.05, 0) is 93.1 Å². The molecule has 3 aliphatic rings. The molecule has 2 bridgehead atoms. The Hall–Kier alpha value is -3.95. The van der Waals surface area contributed by atoms with Gasteiger partial charge in [0.1, 0.15) is 17.4 Å². The van der Waals surface area contributed by atoms with Crippen LogP contribution in [0.4, 0.5) is 11.4 Å². The smallest absolute Gasteiger partial charge is 0.250 e. The average Bonchev–Trinajstić information content (AvgIpc) is 3.57. The van der Waals surface area contributed by atoms with E-state index in [1.54, 1.807) is 29.2 Å². The lowest BCUT2D eigenvalue weighted by Crippen LogP contribution is -2.53. The summed E-state index contributed by atoms with van der Waals surface area (Å²) in [5, 5.41) is 17.4. The van der Waals surface area contributed by atoms with Crippen LogP contribution in [-0.2, 0) is 19.1 Å². The summed E-state index contributed by atoms with van der Waals surface area (Å²) in [7, 11) is 0. The van der Waals surface area contributed by atoms with Crippen molar-refractivity contribution >= 4 is 39.9 Å². The number of benzene rings is 3. The number of rotatable bonds is 11. The minimum absolute atomic E-state index is 0.0711. The van der Waals surface area contributed by atoms with Gasteiger partial charge < -0.3 is 30.1 Å². The molecule has 3 fully saturated rings. The van der Waals surface area contributed by atoms with Crippen LogP contribution < -0.4 is 15.4 Å². The monoisotopic (exact) mass is 585 g/mol. The van der Waals surface area contributed by atoms with Crippen LogP contribution >= 0.6 is 0 Å². The van der Waals surface area contributed by atoms with Crippen LogP contribution in [0.2, 0.25) is 0 Å². The van der Waals surface area contributed by atoms with E-state index in [0.717, 1.165) is 17.2 Å². The highest BCUT2D eigenvalue weighted by atomic mass is 16.5. The predicted molar refractivity (Wildman–Crippen MR) is 164 cm³/mol. The number of carbonyl (C=O) groups is 3. The summed E-state index contributed by atoms with van der Waals surface area (Å²) in [6, 6.07) is 19.9. The lowest BCUT2D eigenvalue weighted by atomic mass is 9.66. The van der Waals surface area contributed by atoms with Crippen molar-refractivity contribution in [1.29, 1.82) is 0 Å². The van der Waals surface area contributed by atoms with E-state index in [4.69, 9.17) is 9.47 Å². The summed E-state index contributed by atoms with van der Waals surface area (Å²) >= 11 is 0. The predicted octanol–water partition coefficient (Wildman–Crippen LogP) is 4.74. The number of likely N-dealkylation sites (tertiary alicyclic amines) is 1. The van der Waals surface area contributed by atoms with Crippen LogP contribution in [0.25, 0.3) is 10.8 Å². The maximum atomic E-state index is 14.2. The number of unbranched alkanes of at least 4 members (excludes halogenated alkanes) is 2. The van der Waals surface area contributed by atoms with Crippen LogP contribution in [0.3, 0.4) is 0 Å². The van der Waals surface area contributed by atoms with Gasteiger partial charge in [-0.3, -0.25) is 14.4 Å². The minimum Gasteiger partial charge on any atom is -0.494 e. The first kappa shape index (κ1) is 29.1. The Bertz CT molecular complexity index is 1530. The van der Waals surface area contributed by atoms with Crippen LogP contribution in [-0.4, -0.2) is 64.7 Å². The summed E-state index contributed by atoms with van der Waals surface area (Å²) in [5.41, 5.74) is -0.740. The Kier molecular flexibility index (Phi) is 7.87. The molecule has 0 aromatic heterocycles. The van der Waals surface area contributed by atoms with Gasteiger partial charge in [0.05, 0.1) is 24.0 Å². The van der Waals surface area contributed by atoms with Crippen LogP contribution in [0.1, 0.15) is 46.0 Å². The molecule has 3 aliphatic heterocycles. The van der Waals surface area contributed by atoms with E-state index in [1.165, 1.54) is 0 Å². The fraction of sp³-hybridized carbons (Fsp3) is 0.441. The van der Waals surface area contributed by atoms with Crippen LogP contribution in [0.15, 0.2) is 66.7 Å². The van der Waals surface area contributed by atoms with Crippen molar-refractivity contribution in [1.82, 2.24) is 4.90 Å². The number of nitrogens with zero attached hydrogens (tertiary/aromatic N) is 1. The second-order valence-electron chi connectivity index (χ2n) is 12.0. The highest BCUT2D eigenvalue weighted by Gasteiger charge is 2.77. The van der Waals surface area contributed by atoms with Gasteiger partial charge in [-0.2, -0.15) is 0 Å². The molecule has 3 amide bonds. The quantitative estimate of drug-likeness (QED) is 0.280. The molecule has 0 aliphatic carbocycles. The Morgan fingerprint density at radius 1 is 0.953 bits per heavy atom. The molecular formula is C34H39N3O6. The van der Waals surface area contributed by atoms with Crippen molar-refractivity contribution < 1.29 is 29.0 Å². The number of anilines is 2. The first-order chi connectivity index (χ1) is 20.8. The molecule has 1 spiro atoms. The number of hydrogen-bond donors (Lipinski definition) is 3. The fourth-order valence-electron chi connectivity index (χ4n) is 7.44. The molecule has 0 radical (unpaired) electrons. The molecule has 3 heterocycles. The highest BCUT2D eigenvalue weighted by molar-refractivity contribution is 6.05. The third kappa shape index (κ3) is 5.14. The molecule has 5 atom stereocenters. The van der Waals surface area contributed by atoms with Gasteiger partial charge in [-0.1, -0.05) is 30.3 Å². The van der Waals surface area contributed by atoms with Crippen LogP contribution in [0, 0.1) is 11.8 Å². The van der Waals surface area contributed by atoms with E-state index in [0.29, 0.717) is 56.0 Å². The number of fused-ring (bicyclic) bond motifs is 2. The van der Waals surface area contributed by atoms with E-state index < -0.39 is 29.1 Å². The summed E-state index contributed by atoms with van der Waals surface area (Å²) in [4.78, 5) is 43.9. The molecule has 2 unspecified atom stereocenters. The minimum atomic E-state index is -1.11. The molecular weight excluding hydrogens is 546 g/mol. The zero-order valence-electron chi connectivity index (χ0n) is 24.7. The molecule has 0 saturated carbocycles. The molecule has 9 nitrogen and oxygen atoms in total. The highest BCUT2D eigenvalue weighted by Crippen LogP contribution is 2.63. The van der Waals surface area contributed by atoms with Gasteiger partial charge in [0, 0.05) is 24.5 Å². The number of carbonyl (C=O) groups excluding carboxylic acids is 3. The molecule has 3 N–H and O–H groups in total. The van der Waals surface area contributed by atoms with E-state index in [2.05, 4.69) is 10.6 Å². The zero-order chi connectivity index (χ0) is 30.2. The van der Waals surface area contributed by atoms with Gasteiger partial charge in [0.2, 0.25) is 17.7 Å². The average molecular weight is 586 g/mol. The van der Waals surface area contributed by atoms with Gasteiger partial charge >= 0.3 is 0 Å². The Morgan fingerprint density at radius 2 is 1.67 bits per heavy atom. The van der Waals surface area contributed by atoms with Crippen molar-refractivity contribution in [3.8, 4) is 5.75 Å². The maximum Gasteiger partial charge on any atom is 0.250 e. The molecule has 43 heavy (non-hydrogen) atoms. The lowest BCUT2D eigenvalue weighted by molar-refractivity contribution is -0.143. The molecule has 3 saturated heterocycles. The topological polar surface area (TPSA) is 117 Å². The van der Waals surface area contributed by atoms with Crippen LogP contribution in [0.5, 0.6) is 5.75 Å². The number of nitrogens with one attached hydrogen (secondary N) is 2. The van der Waals surface area contributed by atoms with Crippen molar-refractivity contribution in [3.05, 3.63) is 66.7 Å².